The number of carbonyl (C=O) groups excluding carboxylic acids is 1. The number of thiazole rings is 1. The van der Waals surface area contributed by atoms with Gasteiger partial charge in [0, 0.05) is 23.2 Å². The molecule has 0 spiro atoms. The van der Waals surface area contributed by atoms with Crippen molar-refractivity contribution in [3.63, 3.8) is 0 Å². The number of benzene rings is 1. The maximum atomic E-state index is 11.9. The first-order valence-electron chi connectivity index (χ1n) is 4.57. The van der Waals surface area contributed by atoms with Crippen LogP contribution in [0.3, 0.4) is 0 Å². The van der Waals surface area contributed by atoms with Gasteiger partial charge < -0.3 is 5.73 Å². The molecule has 6 nitrogen and oxygen atoms in total. The van der Waals surface area contributed by atoms with Gasteiger partial charge in [0.25, 0.3) is 5.69 Å². The van der Waals surface area contributed by atoms with Crippen molar-refractivity contribution >= 4 is 28.5 Å². The van der Waals surface area contributed by atoms with E-state index in [0.29, 0.717) is 5.01 Å². The minimum absolute atomic E-state index is 0.0330. The lowest BCUT2D eigenvalue weighted by atomic mass is 10.1. The highest BCUT2D eigenvalue weighted by atomic mass is 32.1. The SMILES string of the molecule is Nc1ccc(C(=O)c2nccs2)cc1[N+](=O)[O-]. The molecular formula is C10H7N3O3S. The van der Waals surface area contributed by atoms with Crippen molar-refractivity contribution in [1.82, 2.24) is 4.98 Å². The molecule has 0 radical (unpaired) electrons. The van der Waals surface area contributed by atoms with Crippen LogP contribution < -0.4 is 5.73 Å². The summed E-state index contributed by atoms with van der Waals surface area (Å²) in [5.74, 6) is -0.344. The van der Waals surface area contributed by atoms with Crippen LogP contribution in [0.1, 0.15) is 15.4 Å². The Morgan fingerprint density at radius 2 is 2.24 bits per heavy atom. The first-order chi connectivity index (χ1) is 8.09. The van der Waals surface area contributed by atoms with Crippen molar-refractivity contribution in [3.8, 4) is 0 Å². The van der Waals surface area contributed by atoms with Crippen molar-refractivity contribution in [3.05, 3.63) is 50.5 Å². The van der Waals surface area contributed by atoms with Gasteiger partial charge in [0.15, 0.2) is 5.01 Å². The van der Waals surface area contributed by atoms with Gasteiger partial charge in [-0.15, -0.1) is 11.3 Å². The molecule has 2 aromatic rings. The van der Waals surface area contributed by atoms with Gasteiger partial charge in [-0.05, 0) is 12.1 Å². The zero-order valence-electron chi connectivity index (χ0n) is 8.49. The first-order valence-corrected chi connectivity index (χ1v) is 5.45. The van der Waals surface area contributed by atoms with E-state index in [0.717, 1.165) is 0 Å². The first kappa shape index (κ1) is 11.2. The molecule has 17 heavy (non-hydrogen) atoms. The summed E-state index contributed by atoms with van der Waals surface area (Å²) in [4.78, 5) is 25.8. The van der Waals surface area contributed by atoms with Gasteiger partial charge in [-0.3, -0.25) is 14.9 Å². The van der Waals surface area contributed by atoms with Crippen LogP contribution in [0.2, 0.25) is 0 Å². The summed E-state index contributed by atoms with van der Waals surface area (Å²) in [5.41, 5.74) is 5.41. The molecule has 2 rings (SSSR count). The number of hydrogen-bond donors (Lipinski definition) is 1. The summed E-state index contributed by atoms with van der Waals surface area (Å²) >= 11 is 1.18. The summed E-state index contributed by atoms with van der Waals surface area (Å²) in [5, 5.41) is 12.6. The third kappa shape index (κ3) is 2.13. The van der Waals surface area contributed by atoms with Gasteiger partial charge in [0.05, 0.1) is 4.92 Å². The van der Waals surface area contributed by atoms with E-state index in [2.05, 4.69) is 4.98 Å². The molecule has 0 aliphatic carbocycles. The quantitative estimate of drug-likeness (QED) is 0.387. The minimum atomic E-state index is -0.617. The second kappa shape index (κ2) is 4.30. The summed E-state index contributed by atoms with van der Waals surface area (Å²) in [6, 6.07) is 3.96. The second-order valence-corrected chi connectivity index (χ2v) is 4.09. The Morgan fingerprint density at radius 3 is 2.82 bits per heavy atom. The number of aromatic nitrogens is 1. The molecule has 0 aliphatic heterocycles. The second-order valence-electron chi connectivity index (χ2n) is 3.20. The normalized spacial score (nSPS) is 10.1. The third-order valence-electron chi connectivity index (χ3n) is 2.12. The molecule has 0 saturated carbocycles. The van der Waals surface area contributed by atoms with E-state index in [1.807, 2.05) is 0 Å². The lowest BCUT2D eigenvalue weighted by Crippen LogP contribution is -2.03. The highest BCUT2D eigenvalue weighted by molar-refractivity contribution is 7.11. The zero-order valence-corrected chi connectivity index (χ0v) is 9.31. The summed E-state index contributed by atoms with van der Waals surface area (Å²) in [6.45, 7) is 0. The predicted octanol–water partition coefficient (Wildman–Crippen LogP) is 1.86. The molecule has 0 saturated heterocycles. The van der Waals surface area contributed by atoms with Gasteiger partial charge >= 0.3 is 0 Å². The van der Waals surface area contributed by atoms with Crippen LogP contribution >= 0.6 is 11.3 Å². The van der Waals surface area contributed by atoms with Crippen LogP contribution in [0.25, 0.3) is 0 Å². The summed E-state index contributed by atoms with van der Waals surface area (Å²) in [7, 11) is 0. The van der Waals surface area contributed by atoms with Crippen LogP contribution in [0.4, 0.5) is 11.4 Å². The topological polar surface area (TPSA) is 99.1 Å². The average Bonchev–Trinajstić information content (AvgIpc) is 2.81. The summed E-state index contributed by atoms with van der Waals surface area (Å²) < 4.78 is 0. The van der Waals surface area contributed by atoms with E-state index in [-0.39, 0.29) is 22.7 Å². The highest BCUT2D eigenvalue weighted by Crippen LogP contribution is 2.24. The van der Waals surface area contributed by atoms with Crippen molar-refractivity contribution in [1.29, 1.82) is 0 Å². The van der Waals surface area contributed by atoms with Crippen molar-refractivity contribution in [2.45, 2.75) is 0 Å². The minimum Gasteiger partial charge on any atom is -0.393 e. The molecule has 86 valence electrons. The van der Waals surface area contributed by atoms with E-state index >= 15 is 0 Å². The lowest BCUT2D eigenvalue weighted by Gasteiger charge is -2.00. The van der Waals surface area contributed by atoms with Gasteiger partial charge in [-0.1, -0.05) is 0 Å². The Labute approximate surface area is 99.9 Å². The molecule has 0 aliphatic rings. The Morgan fingerprint density at radius 1 is 1.47 bits per heavy atom. The van der Waals surface area contributed by atoms with Crippen LogP contribution in [0.15, 0.2) is 29.8 Å². The fraction of sp³-hybridized carbons (Fsp3) is 0. The number of carbonyl (C=O) groups is 1. The number of hydrogen-bond acceptors (Lipinski definition) is 6. The number of nitrogen functional groups attached to an aromatic ring is 1. The van der Waals surface area contributed by atoms with E-state index < -0.39 is 4.92 Å². The number of anilines is 1. The molecule has 0 unspecified atom stereocenters. The van der Waals surface area contributed by atoms with E-state index in [9.17, 15) is 14.9 Å². The molecular weight excluding hydrogens is 242 g/mol. The number of nitro benzene ring substituents is 1. The predicted molar refractivity (Wildman–Crippen MR) is 63.1 cm³/mol. The Hall–Kier alpha value is -2.28. The van der Waals surface area contributed by atoms with Crippen molar-refractivity contribution in [2.75, 3.05) is 5.73 Å². The standard InChI is InChI=1S/C10H7N3O3S/c11-7-2-1-6(5-8(7)13(15)16)9(14)10-12-3-4-17-10/h1-5H,11H2. The molecule has 2 N–H and O–H groups in total. The number of rotatable bonds is 3. The van der Waals surface area contributed by atoms with Gasteiger partial charge in [-0.25, -0.2) is 4.98 Å². The number of nitrogens with zero attached hydrogens (tertiary/aromatic N) is 2. The smallest absolute Gasteiger partial charge is 0.292 e. The van der Waals surface area contributed by atoms with E-state index in [1.54, 1.807) is 5.38 Å². The molecule has 1 aromatic heterocycles. The van der Waals surface area contributed by atoms with E-state index in [4.69, 9.17) is 5.73 Å². The van der Waals surface area contributed by atoms with E-state index in [1.165, 1.54) is 35.7 Å². The van der Waals surface area contributed by atoms with Crippen LogP contribution in [-0.2, 0) is 0 Å². The summed E-state index contributed by atoms with van der Waals surface area (Å²) in [6.07, 6.45) is 1.50. The molecule has 0 bridgehead atoms. The van der Waals surface area contributed by atoms with Crippen molar-refractivity contribution < 1.29 is 9.72 Å². The zero-order chi connectivity index (χ0) is 12.4. The maximum absolute atomic E-state index is 11.9. The fourth-order valence-electron chi connectivity index (χ4n) is 1.30. The van der Waals surface area contributed by atoms with Crippen LogP contribution in [0, 0.1) is 10.1 Å². The Kier molecular flexibility index (Phi) is 2.84. The molecule has 0 fully saturated rings. The fourth-order valence-corrected chi connectivity index (χ4v) is 1.90. The highest BCUT2D eigenvalue weighted by Gasteiger charge is 2.17. The van der Waals surface area contributed by atoms with Crippen molar-refractivity contribution in [2.24, 2.45) is 0 Å². The molecule has 0 amide bonds. The average molecular weight is 249 g/mol. The Balaban J connectivity index is 2.44. The number of nitrogens with two attached hydrogens (primary N) is 1. The largest absolute Gasteiger partial charge is 0.393 e. The van der Waals surface area contributed by atoms with Gasteiger partial charge in [0.2, 0.25) is 5.78 Å². The number of nitro groups is 1. The Bertz CT molecular complexity index is 580. The number of ketones is 1. The monoisotopic (exact) mass is 249 g/mol. The van der Waals surface area contributed by atoms with Gasteiger partial charge in [-0.2, -0.15) is 0 Å². The third-order valence-corrected chi connectivity index (χ3v) is 2.89. The molecule has 1 heterocycles. The van der Waals surface area contributed by atoms with Gasteiger partial charge in [0.1, 0.15) is 5.69 Å². The van der Waals surface area contributed by atoms with Crippen LogP contribution in [0.5, 0.6) is 0 Å². The maximum Gasteiger partial charge on any atom is 0.292 e. The molecule has 7 heteroatoms. The van der Waals surface area contributed by atoms with Crippen LogP contribution in [-0.4, -0.2) is 15.7 Å². The molecule has 1 aromatic carbocycles. The lowest BCUT2D eigenvalue weighted by molar-refractivity contribution is -0.383. The molecule has 0 atom stereocenters.